The molecule has 2 unspecified atom stereocenters. The Morgan fingerprint density at radius 2 is 2.05 bits per heavy atom. The van der Waals surface area contributed by atoms with E-state index in [9.17, 15) is 9.90 Å². The maximum atomic E-state index is 11.5. The van der Waals surface area contributed by atoms with Gasteiger partial charge in [0, 0.05) is 13.1 Å². The molecular weight excluding hydrogens is 256 g/mol. The molecule has 112 valence electrons. The van der Waals surface area contributed by atoms with Crippen LogP contribution in [0.4, 0.5) is 0 Å². The van der Waals surface area contributed by atoms with Crippen molar-refractivity contribution in [3.05, 3.63) is 35.9 Å². The lowest BCUT2D eigenvalue weighted by Gasteiger charge is -2.16. The molecule has 0 spiro atoms. The van der Waals surface area contributed by atoms with Crippen LogP contribution in [0.3, 0.4) is 0 Å². The Kier molecular flexibility index (Phi) is 7.87. The topological polar surface area (TPSA) is 70.6 Å². The van der Waals surface area contributed by atoms with E-state index in [-0.39, 0.29) is 18.6 Å². The Labute approximate surface area is 120 Å². The zero-order valence-corrected chi connectivity index (χ0v) is 12.1. The SMILES string of the molecule is CCNC(=O)C(C)NCC(O)COCc1ccccc1. The lowest BCUT2D eigenvalue weighted by Crippen LogP contribution is -2.45. The summed E-state index contributed by atoms with van der Waals surface area (Å²) < 4.78 is 5.43. The van der Waals surface area contributed by atoms with Crippen LogP contribution < -0.4 is 10.6 Å². The second-order valence-electron chi connectivity index (χ2n) is 4.68. The van der Waals surface area contributed by atoms with E-state index in [0.717, 1.165) is 5.56 Å². The number of hydrogen-bond acceptors (Lipinski definition) is 4. The zero-order valence-electron chi connectivity index (χ0n) is 12.1. The van der Waals surface area contributed by atoms with Crippen LogP contribution in [0.1, 0.15) is 19.4 Å². The van der Waals surface area contributed by atoms with Crippen molar-refractivity contribution < 1.29 is 14.6 Å². The molecule has 1 aromatic carbocycles. The van der Waals surface area contributed by atoms with E-state index in [4.69, 9.17) is 4.74 Å². The van der Waals surface area contributed by atoms with Gasteiger partial charge in [-0.05, 0) is 19.4 Å². The minimum absolute atomic E-state index is 0.0649. The summed E-state index contributed by atoms with van der Waals surface area (Å²) in [6, 6.07) is 9.47. The van der Waals surface area contributed by atoms with E-state index in [2.05, 4.69) is 10.6 Å². The van der Waals surface area contributed by atoms with Gasteiger partial charge in [0.25, 0.3) is 0 Å². The number of hydrogen-bond donors (Lipinski definition) is 3. The van der Waals surface area contributed by atoms with E-state index in [1.54, 1.807) is 6.92 Å². The first-order valence-corrected chi connectivity index (χ1v) is 6.94. The van der Waals surface area contributed by atoms with Crippen LogP contribution in [0.25, 0.3) is 0 Å². The molecule has 2 atom stereocenters. The van der Waals surface area contributed by atoms with Gasteiger partial charge >= 0.3 is 0 Å². The van der Waals surface area contributed by atoms with E-state index < -0.39 is 6.10 Å². The summed E-state index contributed by atoms with van der Waals surface area (Å²) in [6.07, 6.45) is -0.629. The molecule has 1 aromatic rings. The van der Waals surface area contributed by atoms with Crippen molar-refractivity contribution in [1.82, 2.24) is 10.6 Å². The lowest BCUT2D eigenvalue weighted by atomic mass is 10.2. The van der Waals surface area contributed by atoms with E-state index in [0.29, 0.717) is 19.7 Å². The largest absolute Gasteiger partial charge is 0.389 e. The number of nitrogens with one attached hydrogen (secondary N) is 2. The summed E-state index contributed by atoms with van der Waals surface area (Å²) in [5.74, 6) is -0.0649. The van der Waals surface area contributed by atoms with Crippen molar-refractivity contribution in [3.8, 4) is 0 Å². The van der Waals surface area contributed by atoms with Crippen LogP contribution in [-0.4, -0.2) is 42.9 Å². The molecule has 5 nitrogen and oxygen atoms in total. The third kappa shape index (κ3) is 6.65. The van der Waals surface area contributed by atoms with Crippen molar-refractivity contribution in [2.45, 2.75) is 32.6 Å². The molecule has 3 N–H and O–H groups in total. The van der Waals surface area contributed by atoms with Gasteiger partial charge in [-0.15, -0.1) is 0 Å². The number of amides is 1. The van der Waals surface area contributed by atoms with Gasteiger partial charge in [0.2, 0.25) is 5.91 Å². The molecule has 1 rings (SSSR count). The molecule has 20 heavy (non-hydrogen) atoms. The standard InChI is InChI=1S/C15H24N2O3/c1-3-16-15(19)12(2)17-9-14(18)11-20-10-13-7-5-4-6-8-13/h4-8,12,14,17-18H,3,9-11H2,1-2H3,(H,16,19). The summed E-state index contributed by atoms with van der Waals surface area (Å²) in [5.41, 5.74) is 1.07. The molecule has 0 aromatic heterocycles. The van der Waals surface area contributed by atoms with Gasteiger partial charge in [0.05, 0.1) is 25.4 Å². The van der Waals surface area contributed by atoms with Crippen LogP contribution in [0.5, 0.6) is 0 Å². The number of benzene rings is 1. The second-order valence-corrected chi connectivity index (χ2v) is 4.68. The summed E-state index contributed by atoms with van der Waals surface area (Å²) in [6.45, 7) is 5.29. The minimum Gasteiger partial charge on any atom is -0.389 e. The van der Waals surface area contributed by atoms with Gasteiger partial charge in [0.15, 0.2) is 0 Å². The smallest absolute Gasteiger partial charge is 0.236 e. The number of aliphatic hydroxyl groups is 1. The normalized spacial score (nSPS) is 13.8. The predicted octanol–water partition coefficient (Wildman–Crippen LogP) is 0.678. The second kappa shape index (κ2) is 9.47. The van der Waals surface area contributed by atoms with Crippen LogP contribution >= 0.6 is 0 Å². The van der Waals surface area contributed by atoms with Crippen molar-refractivity contribution in [2.24, 2.45) is 0 Å². The molecule has 0 aliphatic heterocycles. The average Bonchev–Trinajstić information content (AvgIpc) is 2.46. The molecule has 0 saturated carbocycles. The molecule has 0 saturated heterocycles. The first-order chi connectivity index (χ1) is 9.63. The monoisotopic (exact) mass is 280 g/mol. The Balaban J connectivity index is 2.14. The van der Waals surface area contributed by atoms with Crippen molar-refractivity contribution >= 4 is 5.91 Å². The number of carbonyl (C=O) groups excluding carboxylic acids is 1. The van der Waals surface area contributed by atoms with Crippen molar-refractivity contribution in [2.75, 3.05) is 19.7 Å². The third-order valence-corrected chi connectivity index (χ3v) is 2.83. The summed E-state index contributed by atoms with van der Waals surface area (Å²) in [5, 5.41) is 15.5. The molecular formula is C15H24N2O3. The predicted molar refractivity (Wildman–Crippen MR) is 78.3 cm³/mol. The fourth-order valence-corrected chi connectivity index (χ4v) is 1.68. The summed E-state index contributed by atoms with van der Waals surface area (Å²) >= 11 is 0. The average molecular weight is 280 g/mol. The summed E-state index contributed by atoms with van der Waals surface area (Å²) in [4.78, 5) is 11.5. The Morgan fingerprint density at radius 3 is 2.70 bits per heavy atom. The first kappa shape index (κ1) is 16.6. The number of ether oxygens (including phenoxy) is 1. The Hall–Kier alpha value is -1.43. The molecule has 0 bridgehead atoms. The van der Waals surface area contributed by atoms with E-state index in [1.807, 2.05) is 37.3 Å². The molecule has 0 heterocycles. The maximum Gasteiger partial charge on any atom is 0.236 e. The molecule has 0 aliphatic carbocycles. The van der Waals surface area contributed by atoms with Gasteiger partial charge in [-0.2, -0.15) is 0 Å². The van der Waals surface area contributed by atoms with Crippen LogP contribution in [0.15, 0.2) is 30.3 Å². The highest BCUT2D eigenvalue weighted by molar-refractivity contribution is 5.81. The van der Waals surface area contributed by atoms with Crippen LogP contribution in [-0.2, 0) is 16.1 Å². The van der Waals surface area contributed by atoms with Gasteiger partial charge < -0.3 is 20.5 Å². The van der Waals surface area contributed by atoms with Crippen LogP contribution in [0, 0.1) is 0 Å². The fraction of sp³-hybridized carbons (Fsp3) is 0.533. The van der Waals surface area contributed by atoms with Crippen LogP contribution in [0.2, 0.25) is 0 Å². The van der Waals surface area contributed by atoms with Gasteiger partial charge in [-0.25, -0.2) is 0 Å². The molecule has 5 heteroatoms. The highest BCUT2D eigenvalue weighted by Gasteiger charge is 2.13. The molecule has 0 fully saturated rings. The lowest BCUT2D eigenvalue weighted by molar-refractivity contribution is -0.122. The molecule has 0 aliphatic rings. The Bertz CT molecular complexity index is 384. The fourth-order valence-electron chi connectivity index (χ4n) is 1.68. The van der Waals surface area contributed by atoms with Gasteiger partial charge in [-0.3, -0.25) is 4.79 Å². The van der Waals surface area contributed by atoms with Crippen molar-refractivity contribution in [1.29, 1.82) is 0 Å². The van der Waals surface area contributed by atoms with Gasteiger partial charge in [0.1, 0.15) is 0 Å². The number of carbonyl (C=O) groups is 1. The minimum atomic E-state index is -0.629. The number of likely N-dealkylation sites (N-methyl/N-ethyl adjacent to an activating group) is 1. The van der Waals surface area contributed by atoms with E-state index >= 15 is 0 Å². The summed E-state index contributed by atoms with van der Waals surface area (Å²) in [7, 11) is 0. The highest BCUT2D eigenvalue weighted by atomic mass is 16.5. The number of aliphatic hydroxyl groups excluding tert-OH is 1. The maximum absolute atomic E-state index is 11.5. The zero-order chi connectivity index (χ0) is 14.8. The molecule has 0 radical (unpaired) electrons. The third-order valence-electron chi connectivity index (χ3n) is 2.83. The van der Waals surface area contributed by atoms with Crippen molar-refractivity contribution in [3.63, 3.8) is 0 Å². The van der Waals surface area contributed by atoms with E-state index in [1.165, 1.54) is 0 Å². The number of rotatable bonds is 9. The first-order valence-electron chi connectivity index (χ1n) is 6.94. The Morgan fingerprint density at radius 1 is 1.35 bits per heavy atom. The highest BCUT2D eigenvalue weighted by Crippen LogP contribution is 2.00. The molecule has 1 amide bonds. The quantitative estimate of drug-likeness (QED) is 0.622. The van der Waals surface area contributed by atoms with Gasteiger partial charge in [-0.1, -0.05) is 30.3 Å².